The van der Waals surface area contributed by atoms with Crippen molar-refractivity contribution in [3.63, 3.8) is 0 Å². The van der Waals surface area contributed by atoms with Gasteiger partial charge < -0.3 is 20.4 Å². The molecule has 0 radical (unpaired) electrons. The second-order valence-corrected chi connectivity index (χ2v) is 9.65. The normalized spacial score (nSPS) is 11.3. The van der Waals surface area contributed by atoms with E-state index in [9.17, 15) is 4.79 Å². The number of nitrogens with zero attached hydrogens (tertiary/aromatic N) is 3. The molecular formula is C30H25Cl2N5O2. The predicted molar refractivity (Wildman–Crippen MR) is 156 cm³/mol. The molecule has 3 aromatic heterocycles. The summed E-state index contributed by atoms with van der Waals surface area (Å²) in [6, 6.07) is 20.7. The molecule has 2 aromatic carbocycles. The minimum atomic E-state index is -0.241. The van der Waals surface area contributed by atoms with E-state index in [-0.39, 0.29) is 12.5 Å². The first kappa shape index (κ1) is 26.3. The fourth-order valence-corrected chi connectivity index (χ4v) is 4.68. The molecular weight excluding hydrogens is 533 g/mol. The van der Waals surface area contributed by atoms with Crippen molar-refractivity contribution in [2.75, 3.05) is 5.73 Å². The number of aryl methyl sites for hydroxylation is 1. The van der Waals surface area contributed by atoms with Crippen molar-refractivity contribution in [2.24, 2.45) is 0 Å². The Morgan fingerprint density at radius 3 is 2.77 bits per heavy atom. The molecule has 196 valence electrons. The minimum Gasteiger partial charge on any atom is -0.487 e. The number of para-hydroxylation sites is 1. The van der Waals surface area contributed by atoms with Gasteiger partial charge in [0.25, 0.3) is 0 Å². The van der Waals surface area contributed by atoms with Crippen molar-refractivity contribution in [3.05, 3.63) is 118 Å². The number of halogens is 2. The van der Waals surface area contributed by atoms with Gasteiger partial charge in [-0.3, -0.25) is 4.79 Å². The Labute approximate surface area is 235 Å². The lowest BCUT2D eigenvalue weighted by Gasteiger charge is -2.16. The predicted octanol–water partition coefficient (Wildman–Crippen LogP) is 6.53. The van der Waals surface area contributed by atoms with Crippen molar-refractivity contribution in [3.8, 4) is 11.4 Å². The number of ether oxygens (including phenoxy) is 1. The van der Waals surface area contributed by atoms with E-state index in [2.05, 4.69) is 15.3 Å². The minimum absolute atomic E-state index is 0.165. The maximum Gasteiger partial charge on any atom is 0.244 e. The van der Waals surface area contributed by atoms with Crippen LogP contribution >= 0.6 is 23.2 Å². The van der Waals surface area contributed by atoms with Gasteiger partial charge in [0.1, 0.15) is 23.7 Å². The molecule has 9 heteroatoms. The Bertz CT molecular complexity index is 1680. The summed E-state index contributed by atoms with van der Waals surface area (Å²) in [4.78, 5) is 21.1. The zero-order valence-electron chi connectivity index (χ0n) is 21.1. The van der Waals surface area contributed by atoms with Crippen LogP contribution in [-0.4, -0.2) is 20.4 Å². The number of hydrogen-bond donors (Lipinski definition) is 2. The molecule has 0 saturated heterocycles. The van der Waals surface area contributed by atoms with Gasteiger partial charge in [-0.25, -0.2) is 9.97 Å². The highest BCUT2D eigenvalue weighted by molar-refractivity contribution is 6.37. The number of nitrogen functional groups attached to an aromatic ring is 1. The molecule has 3 heterocycles. The van der Waals surface area contributed by atoms with E-state index in [1.54, 1.807) is 30.5 Å². The van der Waals surface area contributed by atoms with Crippen molar-refractivity contribution >= 4 is 51.9 Å². The summed E-state index contributed by atoms with van der Waals surface area (Å²) in [6.45, 7) is 2.40. The summed E-state index contributed by atoms with van der Waals surface area (Å²) in [5.41, 5.74) is 10.3. The summed E-state index contributed by atoms with van der Waals surface area (Å²) in [5.74, 6) is 0.837. The summed E-state index contributed by atoms with van der Waals surface area (Å²) in [7, 11) is 0. The van der Waals surface area contributed by atoms with Crippen LogP contribution in [0.15, 0.2) is 85.2 Å². The number of carbonyl (C=O) groups is 1. The van der Waals surface area contributed by atoms with E-state index in [1.165, 1.54) is 6.08 Å². The summed E-state index contributed by atoms with van der Waals surface area (Å²) >= 11 is 13.4. The lowest BCUT2D eigenvalue weighted by molar-refractivity contribution is -0.116. The van der Waals surface area contributed by atoms with E-state index in [0.717, 1.165) is 33.5 Å². The molecule has 0 aliphatic carbocycles. The molecule has 0 unspecified atom stereocenters. The number of fused-ring (bicyclic) bond motifs is 1. The first-order valence-corrected chi connectivity index (χ1v) is 12.9. The number of amides is 1. The zero-order chi connectivity index (χ0) is 27.4. The molecule has 5 aromatic rings. The second kappa shape index (κ2) is 11.6. The third-order valence-electron chi connectivity index (χ3n) is 6.13. The summed E-state index contributed by atoms with van der Waals surface area (Å²) in [6.07, 6.45) is 6.62. The van der Waals surface area contributed by atoms with Crippen molar-refractivity contribution in [2.45, 2.75) is 20.1 Å². The number of aromatic nitrogens is 3. The average Bonchev–Trinajstić information content (AvgIpc) is 3.40. The van der Waals surface area contributed by atoms with E-state index in [4.69, 9.17) is 33.7 Å². The maximum absolute atomic E-state index is 12.4. The van der Waals surface area contributed by atoms with Crippen molar-refractivity contribution < 1.29 is 9.53 Å². The molecule has 0 spiro atoms. The first-order valence-electron chi connectivity index (χ1n) is 12.2. The van der Waals surface area contributed by atoms with Crippen LogP contribution in [-0.2, 0) is 17.9 Å². The van der Waals surface area contributed by atoms with E-state index in [1.807, 2.05) is 66.2 Å². The molecule has 0 atom stereocenters. The van der Waals surface area contributed by atoms with Crippen LogP contribution in [0.25, 0.3) is 22.7 Å². The van der Waals surface area contributed by atoms with Crippen LogP contribution in [0.2, 0.25) is 10.0 Å². The quantitative estimate of drug-likeness (QED) is 0.211. The van der Waals surface area contributed by atoms with Gasteiger partial charge in [-0.15, -0.1) is 0 Å². The molecule has 0 fully saturated rings. The smallest absolute Gasteiger partial charge is 0.244 e. The van der Waals surface area contributed by atoms with Gasteiger partial charge in [-0.2, -0.15) is 0 Å². The van der Waals surface area contributed by atoms with Gasteiger partial charge >= 0.3 is 0 Å². The summed E-state index contributed by atoms with van der Waals surface area (Å²) < 4.78 is 8.07. The molecule has 7 nitrogen and oxygen atoms in total. The molecule has 0 aliphatic rings. The Morgan fingerprint density at radius 1 is 1.08 bits per heavy atom. The third-order valence-corrected chi connectivity index (χ3v) is 6.91. The van der Waals surface area contributed by atoms with Gasteiger partial charge in [0.15, 0.2) is 0 Å². The van der Waals surface area contributed by atoms with E-state index in [0.29, 0.717) is 33.7 Å². The standard InChI is InChI=1S/C30H25Cl2N5O2/c1-19-7-10-21-4-2-6-26(30(21)36-19)39-18-23-24(31)11-12-25(29(23)32)37-15-3-5-22(37)17-35-28(38)14-9-20-8-13-27(33)34-16-20/h2-16H,17-18H2,1H3,(H2,33,34)(H,35,38). The topological polar surface area (TPSA) is 95.1 Å². The molecule has 0 aliphatic heterocycles. The summed E-state index contributed by atoms with van der Waals surface area (Å²) in [5, 5.41) is 4.85. The Kier molecular flexibility index (Phi) is 7.81. The van der Waals surface area contributed by atoms with Crippen molar-refractivity contribution in [1.29, 1.82) is 0 Å². The van der Waals surface area contributed by atoms with Gasteiger partial charge in [0.05, 0.1) is 17.3 Å². The molecule has 0 saturated carbocycles. The number of benzene rings is 2. The highest BCUT2D eigenvalue weighted by Crippen LogP contribution is 2.33. The average molecular weight is 558 g/mol. The lowest BCUT2D eigenvalue weighted by atomic mass is 10.1. The highest BCUT2D eigenvalue weighted by Gasteiger charge is 2.16. The molecule has 5 rings (SSSR count). The first-order chi connectivity index (χ1) is 18.9. The Hall–Kier alpha value is -4.33. The fraction of sp³-hybridized carbons (Fsp3) is 0.100. The fourth-order valence-electron chi connectivity index (χ4n) is 4.11. The monoisotopic (exact) mass is 557 g/mol. The van der Waals surface area contributed by atoms with E-state index >= 15 is 0 Å². The lowest BCUT2D eigenvalue weighted by Crippen LogP contribution is -2.21. The van der Waals surface area contributed by atoms with Crippen LogP contribution in [0.5, 0.6) is 5.75 Å². The zero-order valence-corrected chi connectivity index (χ0v) is 22.6. The Balaban J connectivity index is 1.32. The third kappa shape index (κ3) is 6.06. The molecule has 3 N–H and O–H groups in total. The van der Waals surface area contributed by atoms with Crippen LogP contribution < -0.4 is 15.8 Å². The molecule has 0 bridgehead atoms. The molecule has 1 amide bonds. The van der Waals surface area contributed by atoms with Gasteiger partial charge in [-0.1, -0.05) is 41.4 Å². The van der Waals surface area contributed by atoms with Gasteiger partial charge in [0, 0.05) is 45.8 Å². The van der Waals surface area contributed by atoms with Gasteiger partial charge in [0.2, 0.25) is 5.91 Å². The van der Waals surface area contributed by atoms with Crippen LogP contribution in [0.3, 0.4) is 0 Å². The highest BCUT2D eigenvalue weighted by atomic mass is 35.5. The number of nitrogens with two attached hydrogens (primary N) is 1. The molecule has 39 heavy (non-hydrogen) atoms. The number of hydrogen-bond acceptors (Lipinski definition) is 5. The number of rotatable bonds is 8. The Morgan fingerprint density at radius 2 is 1.95 bits per heavy atom. The van der Waals surface area contributed by atoms with Crippen LogP contribution in [0.1, 0.15) is 22.5 Å². The largest absolute Gasteiger partial charge is 0.487 e. The number of nitrogens with one attached hydrogen (secondary N) is 1. The van der Waals surface area contributed by atoms with E-state index < -0.39 is 0 Å². The van der Waals surface area contributed by atoms with Crippen molar-refractivity contribution in [1.82, 2.24) is 19.9 Å². The van der Waals surface area contributed by atoms with Crippen LogP contribution in [0.4, 0.5) is 5.82 Å². The SMILES string of the molecule is Cc1ccc2cccc(OCc3c(Cl)ccc(-n4cccc4CNC(=O)C=Cc4ccc(N)nc4)c3Cl)c2n1. The number of pyridine rings is 2. The second-order valence-electron chi connectivity index (χ2n) is 8.87. The van der Waals surface area contributed by atoms with Gasteiger partial charge in [-0.05, 0) is 67.1 Å². The number of carbonyl (C=O) groups excluding carboxylic acids is 1. The maximum atomic E-state index is 12.4. The number of anilines is 1. The van der Waals surface area contributed by atoms with Crippen LogP contribution in [0, 0.1) is 6.92 Å².